The van der Waals surface area contributed by atoms with Crippen LogP contribution in [0.3, 0.4) is 0 Å². The summed E-state index contributed by atoms with van der Waals surface area (Å²) in [4.78, 5) is 0. The van der Waals surface area contributed by atoms with E-state index in [1.807, 2.05) is 6.66 Å². The third kappa shape index (κ3) is 5.69. The molecule has 2 unspecified atom stereocenters. The summed E-state index contributed by atoms with van der Waals surface area (Å²) in [5.41, 5.74) is 11.8. The minimum Gasteiger partial charge on any atom is -1.00 e. The Hall–Kier alpha value is -0.607. The maximum Gasteiger partial charge on any atom is -1.00 e. The van der Waals surface area contributed by atoms with Gasteiger partial charge >= 0.3 is 205 Å². The molecule has 0 aromatic heterocycles. The predicted octanol–water partition coefficient (Wildman–Crippen LogP) is 2.50. The van der Waals surface area contributed by atoms with Crippen LogP contribution in [0.5, 0.6) is 0 Å². The van der Waals surface area contributed by atoms with Gasteiger partial charge in [-0.25, -0.2) is 0 Å². The monoisotopic (exact) mass is 720 g/mol. The zero-order chi connectivity index (χ0) is 23.2. The molecule has 0 N–H and O–H groups in total. The molecule has 0 saturated heterocycles. The fourth-order valence-electron chi connectivity index (χ4n) is 5.65. The van der Waals surface area contributed by atoms with Crippen molar-refractivity contribution >= 4 is 21.2 Å². The zero-order valence-corrected chi connectivity index (χ0v) is 28.9. The summed E-state index contributed by atoms with van der Waals surface area (Å²) in [6.45, 7) is 14.2. The van der Waals surface area contributed by atoms with Gasteiger partial charge in [0.25, 0.3) is 0 Å². The molecule has 2 aliphatic carbocycles. The molecule has 4 heteroatoms. The van der Waals surface area contributed by atoms with Crippen molar-refractivity contribution in [1.82, 2.24) is 0 Å². The molecule has 2 atom stereocenters. The first-order valence-corrected chi connectivity index (χ1v) is 30.0. The summed E-state index contributed by atoms with van der Waals surface area (Å²) in [7, 11) is -1.09. The van der Waals surface area contributed by atoms with E-state index in [1.54, 1.807) is 11.1 Å². The van der Waals surface area contributed by atoms with Gasteiger partial charge in [-0.1, -0.05) is 0 Å². The average Bonchev–Trinajstić information content (AvgIpc) is 3.19. The summed E-state index contributed by atoms with van der Waals surface area (Å²) in [5.74, 6) is 6.53. The van der Waals surface area contributed by atoms with E-state index in [0.29, 0.717) is 11.8 Å². The van der Waals surface area contributed by atoms with Crippen LogP contribution in [0, 0.1) is 25.7 Å². The fourth-order valence-corrected chi connectivity index (χ4v) is 50.9. The third-order valence-corrected chi connectivity index (χ3v) is 46.9. The fraction of sp³-hybridized carbons (Fsp3) is 0.333. The Labute approximate surface area is 228 Å². The van der Waals surface area contributed by atoms with Gasteiger partial charge in [-0.05, 0) is 0 Å². The molecule has 2 aliphatic rings. The Balaban J connectivity index is 0.00000204. The van der Waals surface area contributed by atoms with Crippen LogP contribution >= 0.6 is 0 Å². The zero-order valence-electron chi connectivity index (χ0n) is 21.7. The topological polar surface area (TPSA) is 0 Å². The van der Waals surface area contributed by atoms with Gasteiger partial charge in [0, 0.05) is 0 Å². The summed E-state index contributed by atoms with van der Waals surface area (Å²) in [6, 6.07) is 18.2. The first-order valence-electron chi connectivity index (χ1n) is 11.9. The van der Waals surface area contributed by atoms with Crippen molar-refractivity contribution in [3.8, 4) is 0 Å². The quantitative estimate of drug-likeness (QED) is 0.427. The molecule has 0 nitrogen and oxygen atoms in total. The minimum atomic E-state index is -2.13. The number of hydrogen-bond acceptors (Lipinski definition) is 0. The molecule has 0 heterocycles. The van der Waals surface area contributed by atoms with Gasteiger partial charge in [0.1, 0.15) is 0 Å². The number of halogens is 2. The first kappa shape index (κ1) is 29.6. The number of benzene rings is 2. The molecule has 0 fully saturated rings. The van der Waals surface area contributed by atoms with Crippen LogP contribution in [0.25, 0.3) is 11.1 Å². The van der Waals surface area contributed by atoms with Crippen molar-refractivity contribution in [2.45, 2.75) is 53.1 Å². The van der Waals surface area contributed by atoms with Gasteiger partial charge in [0.05, 0.1) is 0 Å². The Morgan fingerprint density at radius 3 is 1.35 bits per heavy atom. The Morgan fingerprint density at radius 2 is 1.03 bits per heavy atom. The van der Waals surface area contributed by atoms with Gasteiger partial charge in [-0.3, -0.25) is 0 Å². The van der Waals surface area contributed by atoms with Crippen molar-refractivity contribution in [3.05, 3.63) is 101 Å². The Kier molecular flexibility index (Phi) is 10.5. The average molecular weight is 719 g/mol. The van der Waals surface area contributed by atoms with Crippen LogP contribution in [0.1, 0.15) is 49.9 Å². The van der Waals surface area contributed by atoms with Crippen LogP contribution in [-0.4, -0.2) is 10.1 Å². The van der Waals surface area contributed by atoms with Crippen LogP contribution in [0.15, 0.2) is 78.5 Å². The van der Waals surface area contributed by atoms with Crippen LogP contribution in [0.2, 0.25) is 11.5 Å². The van der Waals surface area contributed by atoms with Crippen LogP contribution in [-0.2, 0) is 18.3 Å². The summed E-state index contributed by atoms with van der Waals surface area (Å²) < 4.78 is 3.82. The van der Waals surface area contributed by atoms with E-state index < -0.39 is 28.4 Å². The molecule has 2 aromatic rings. The molecule has 4 rings (SSSR count). The van der Waals surface area contributed by atoms with Crippen molar-refractivity contribution in [2.75, 3.05) is 0 Å². The van der Waals surface area contributed by atoms with E-state index in [9.17, 15) is 0 Å². The summed E-state index contributed by atoms with van der Waals surface area (Å²) >= 11 is -2.13. The van der Waals surface area contributed by atoms with Crippen molar-refractivity contribution < 1.29 is 43.2 Å². The molecule has 178 valence electrons. The van der Waals surface area contributed by atoms with E-state index in [0.717, 1.165) is 0 Å². The first-order chi connectivity index (χ1) is 15.2. The third-order valence-electron chi connectivity index (χ3n) is 7.06. The molecular formula is C30H36Cl2GeHf. The second kappa shape index (κ2) is 12.1. The molecule has 0 radical (unpaired) electrons. The standard InChI is InChI=1S/2C14H15.C2H6Ge.2ClH.Hf/c2*1-10-5-4-6-13(8-10)14-9-11(2)7-12(14)3;1-3-2;;;/h2*4-6,8-9,11H,1-3H3;1-2H3;2*1H;/q;;;;;+2/p-2. The van der Waals surface area contributed by atoms with E-state index in [4.69, 9.17) is 0 Å². The SMILES string of the molecule is CC1=[C]([Hf+2]([C]2=C(C)C(c3cccc(C)c3)=CC2C)=[Ge]([CH3])[CH3])C(C)C=C1c1cccc(C)c1.[Cl-].[Cl-]. The molecule has 0 spiro atoms. The number of hydrogen-bond donors (Lipinski definition) is 0. The molecule has 34 heavy (non-hydrogen) atoms. The second-order valence-electron chi connectivity index (χ2n) is 9.93. The van der Waals surface area contributed by atoms with Gasteiger partial charge in [0.15, 0.2) is 0 Å². The van der Waals surface area contributed by atoms with E-state index in [-0.39, 0.29) is 24.8 Å². The molecule has 0 amide bonds. The van der Waals surface area contributed by atoms with Crippen molar-refractivity contribution in [1.29, 1.82) is 0 Å². The molecule has 2 aromatic carbocycles. The van der Waals surface area contributed by atoms with Gasteiger partial charge in [0.2, 0.25) is 0 Å². The predicted molar refractivity (Wildman–Crippen MR) is 140 cm³/mol. The molecule has 0 aliphatic heterocycles. The minimum absolute atomic E-state index is 0. The molecule has 0 bridgehead atoms. The van der Waals surface area contributed by atoms with Crippen LogP contribution < -0.4 is 24.8 Å². The van der Waals surface area contributed by atoms with Gasteiger partial charge in [-0.2, -0.15) is 0 Å². The van der Waals surface area contributed by atoms with Crippen molar-refractivity contribution in [3.63, 3.8) is 0 Å². The van der Waals surface area contributed by atoms with E-state index >= 15 is 0 Å². The van der Waals surface area contributed by atoms with E-state index in [1.165, 1.54) is 33.4 Å². The van der Waals surface area contributed by atoms with Crippen LogP contribution in [0.4, 0.5) is 0 Å². The Morgan fingerprint density at radius 1 is 0.647 bits per heavy atom. The molecular weight excluding hydrogens is 682 g/mol. The summed E-state index contributed by atoms with van der Waals surface area (Å²) in [6.07, 6.45) is 5.16. The van der Waals surface area contributed by atoms with Crippen molar-refractivity contribution in [2.24, 2.45) is 11.8 Å². The normalized spacial score (nSPS) is 19.1. The summed E-state index contributed by atoms with van der Waals surface area (Å²) in [5, 5.41) is 0. The maximum atomic E-state index is 2.66. The maximum absolute atomic E-state index is 2.66. The second-order valence-corrected chi connectivity index (χ2v) is 47.9. The Bertz CT molecular complexity index is 1160. The van der Waals surface area contributed by atoms with Gasteiger partial charge in [-0.15, -0.1) is 0 Å². The number of aryl methyl sites for hydroxylation is 2. The smallest absolute Gasteiger partial charge is 1.00 e. The largest absolute Gasteiger partial charge is 1.00 e. The number of rotatable bonds is 4. The molecule has 0 saturated carbocycles. The number of allylic oxidation sites excluding steroid dienone is 8. The van der Waals surface area contributed by atoms with E-state index in [2.05, 4.69) is 114 Å². The van der Waals surface area contributed by atoms with Gasteiger partial charge < -0.3 is 24.8 Å².